The summed E-state index contributed by atoms with van der Waals surface area (Å²) < 4.78 is 16.1. The standard InChI is InChI=1S/C24H31N3O5/c1-30-20-5-6-21(31-2)19(16-20)17-25-11-13-27(14-12-25)23(28)18-7-9-26(10-8-18)24(29)22-4-3-15-32-22/h3-6,15-16,18H,7-14,17H2,1-2H3. The van der Waals surface area contributed by atoms with Crippen molar-refractivity contribution in [1.29, 1.82) is 0 Å². The van der Waals surface area contributed by atoms with Crippen molar-refractivity contribution in [3.63, 3.8) is 0 Å². The molecule has 32 heavy (non-hydrogen) atoms. The van der Waals surface area contributed by atoms with E-state index in [4.69, 9.17) is 13.9 Å². The van der Waals surface area contributed by atoms with Crippen LogP contribution in [0.2, 0.25) is 0 Å². The van der Waals surface area contributed by atoms with Crippen LogP contribution in [0, 0.1) is 5.92 Å². The smallest absolute Gasteiger partial charge is 0.289 e. The summed E-state index contributed by atoms with van der Waals surface area (Å²) in [5.41, 5.74) is 1.08. The van der Waals surface area contributed by atoms with Gasteiger partial charge in [-0.05, 0) is 43.2 Å². The van der Waals surface area contributed by atoms with Crippen LogP contribution in [0.15, 0.2) is 41.0 Å². The fourth-order valence-corrected chi connectivity index (χ4v) is 4.52. The third-order valence-electron chi connectivity index (χ3n) is 6.43. The van der Waals surface area contributed by atoms with Crippen LogP contribution in [0.5, 0.6) is 11.5 Å². The maximum absolute atomic E-state index is 13.1. The fourth-order valence-electron chi connectivity index (χ4n) is 4.52. The van der Waals surface area contributed by atoms with Gasteiger partial charge in [0, 0.05) is 57.3 Å². The monoisotopic (exact) mass is 441 g/mol. The number of methoxy groups -OCH3 is 2. The lowest BCUT2D eigenvalue weighted by Crippen LogP contribution is -2.51. The number of likely N-dealkylation sites (tertiary alicyclic amines) is 1. The normalized spacial score (nSPS) is 17.9. The molecule has 2 aliphatic rings. The molecule has 2 aromatic rings. The predicted octanol–water partition coefficient (Wildman–Crippen LogP) is 2.49. The third-order valence-corrected chi connectivity index (χ3v) is 6.43. The van der Waals surface area contributed by atoms with Gasteiger partial charge in [-0.25, -0.2) is 0 Å². The first-order valence-corrected chi connectivity index (χ1v) is 11.1. The molecule has 1 aromatic carbocycles. The SMILES string of the molecule is COc1ccc(OC)c(CN2CCN(C(=O)C3CCN(C(=O)c4ccco4)CC3)CC2)c1. The summed E-state index contributed by atoms with van der Waals surface area (Å²) in [4.78, 5) is 31.6. The number of nitrogens with zero attached hydrogens (tertiary/aromatic N) is 3. The number of amides is 2. The van der Waals surface area contributed by atoms with Crippen molar-refractivity contribution in [3.05, 3.63) is 47.9 Å². The van der Waals surface area contributed by atoms with Crippen molar-refractivity contribution in [2.24, 2.45) is 5.92 Å². The highest BCUT2D eigenvalue weighted by atomic mass is 16.5. The molecular formula is C24H31N3O5. The van der Waals surface area contributed by atoms with Crippen molar-refractivity contribution in [1.82, 2.24) is 14.7 Å². The minimum absolute atomic E-state index is 0.0133. The van der Waals surface area contributed by atoms with E-state index in [0.717, 1.165) is 49.8 Å². The van der Waals surface area contributed by atoms with Crippen LogP contribution in [0.1, 0.15) is 29.0 Å². The van der Waals surface area contributed by atoms with Crippen LogP contribution in [-0.4, -0.2) is 80.0 Å². The Bertz CT molecular complexity index is 914. The topological polar surface area (TPSA) is 75.5 Å². The molecule has 0 N–H and O–H groups in total. The number of hydrogen-bond acceptors (Lipinski definition) is 6. The highest BCUT2D eigenvalue weighted by molar-refractivity contribution is 5.91. The first-order chi connectivity index (χ1) is 15.6. The summed E-state index contributed by atoms with van der Waals surface area (Å²) >= 11 is 0. The zero-order chi connectivity index (χ0) is 22.5. The van der Waals surface area contributed by atoms with E-state index in [0.29, 0.717) is 31.7 Å². The molecular weight excluding hydrogens is 410 g/mol. The number of piperazine rings is 1. The largest absolute Gasteiger partial charge is 0.497 e. The van der Waals surface area contributed by atoms with Gasteiger partial charge in [0.2, 0.25) is 5.91 Å². The van der Waals surface area contributed by atoms with E-state index in [9.17, 15) is 9.59 Å². The summed E-state index contributed by atoms with van der Waals surface area (Å²) in [5, 5.41) is 0. The molecule has 0 saturated carbocycles. The van der Waals surface area contributed by atoms with Gasteiger partial charge < -0.3 is 23.7 Å². The van der Waals surface area contributed by atoms with E-state index >= 15 is 0 Å². The minimum Gasteiger partial charge on any atom is -0.497 e. The molecule has 0 aliphatic carbocycles. The van der Waals surface area contributed by atoms with Gasteiger partial charge in [-0.15, -0.1) is 0 Å². The fraction of sp³-hybridized carbons (Fsp3) is 0.500. The molecule has 2 fully saturated rings. The molecule has 0 unspecified atom stereocenters. The van der Waals surface area contributed by atoms with E-state index in [2.05, 4.69) is 4.90 Å². The Morgan fingerprint density at radius 2 is 1.72 bits per heavy atom. The Kier molecular flexibility index (Phi) is 6.99. The number of benzene rings is 1. The second-order valence-electron chi connectivity index (χ2n) is 8.32. The molecule has 2 aliphatic heterocycles. The minimum atomic E-state index is -0.0949. The molecule has 4 rings (SSSR count). The lowest BCUT2D eigenvalue weighted by atomic mass is 9.94. The summed E-state index contributed by atoms with van der Waals surface area (Å²) in [5.74, 6) is 2.13. The van der Waals surface area contributed by atoms with Gasteiger partial charge >= 0.3 is 0 Å². The zero-order valence-electron chi connectivity index (χ0n) is 18.8. The second kappa shape index (κ2) is 10.1. The Labute approximate surface area is 188 Å². The highest BCUT2D eigenvalue weighted by Gasteiger charge is 2.32. The quantitative estimate of drug-likeness (QED) is 0.686. The van der Waals surface area contributed by atoms with E-state index in [-0.39, 0.29) is 17.7 Å². The summed E-state index contributed by atoms with van der Waals surface area (Å²) in [7, 11) is 3.34. The van der Waals surface area contributed by atoms with Gasteiger partial charge in [-0.2, -0.15) is 0 Å². The van der Waals surface area contributed by atoms with Crippen LogP contribution in [0.25, 0.3) is 0 Å². The summed E-state index contributed by atoms with van der Waals surface area (Å²) in [6, 6.07) is 9.23. The van der Waals surface area contributed by atoms with Gasteiger partial charge in [-0.1, -0.05) is 0 Å². The van der Waals surface area contributed by atoms with Gasteiger partial charge in [0.25, 0.3) is 5.91 Å². The lowest BCUT2D eigenvalue weighted by Gasteiger charge is -2.38. The van der Waals surface area contributed by atoms with Gasteiger partial charge in [0.05, 0.1) is 20.5 Å². The number of ether oxygens (including phenoxy) is 2. The summed E-state index contributed by atoms with van der Waals surface area (Å²) in [6.45, 7) is 5.02. The van der Waals surface area contributed by atoms with Crippen LogP contribution in [0.3, 0.4) is 0 Å². The molecule has 0 bridgehead atoms. The van der Waals surface area contributed by atoms with E-state index in [1.165, 1.54) is 6.26 Å². The van der Waals surface area contributed by atoms with E-state index in [1.54, 1.807) is 31.3 Å². The molecule has 2 amide bonds. The molecule has 2 saturated heterocycles. The molecule has 0 atom stereocenters. The van der Waals surface area contributed by atoms with Gasteiger partial charge in [0.1, 0.15) is 11.5 Å². The van der Waals surface area contributed by atoms with Crippen molar-refractivity contribution < 1.29 is 23.5 Å². The maximum Gasteiger partial charge on any atom is 0.289 e. The molecule has 1 aromatic heterocycles. The van der Waals surface area contributed by atoms with Crippen molar-refractivity contribution in [2.75, 3.05) is 53.5 Å². The molecule has 8 heteroatoms. The van der Waals surface area contributed by atoms with E-state index < -0.39 is 0 Å². The Balaban J connectivity index is 1.26. The van der Waals surface area contributed by atoms with Crippen LogP contribution in [-0.2, 0) is 11.3 Å². The van der Waals surface area contributed by atoms with Crippen LogP contribution < -0.4 is 9.47 Å². The van der Waals surface area contributed by atoms with Crippen LogP contribution >= 0.6 is 0 Å². The Morgan fingerprint density at radius 1 is 0.969 bits per heavy atom. The average molecular weight is 442 g/mol. The predicted molar refractivity (Wildman–Crippen MR) is 119 cm³/mol. The maximum atomic E-state index is 13.1. The van der Waals surface area contributed by atoms with Gasteiger partial charge in [-0.3, -0.25) is 14.5 Å². The van der Waals surface area contributed by atoms with Crippen molar-refractivity contribution in [2.45, 2.75) is 19.4 Å². The first kappa shape index (κ1) is 22.2. The highest BCUT2D eigenvalue weighted by Crippen LogP contribution is 2.26. The lowest BCUT2D eigenvalue weighted by molar-refractivity contribution is -0.138. The van der Waals surface area contributed by atoms with Gasteiger partial charge in [0.15, 0.2) is 5.76 Å². The van der Waals surface area contributed by atoms with Crippen LogP contribution in [0.4, 0.5) is 0 Å². The zero-order valence-corrected chi connectivity index (χ0v) is 18.8. The van der Waals surface area contributed by atoms with Crippen molar-refractivity contribution in [3.8, 4) is 11.5 Å². The first-order valence-electron chi connectivity index (χ1n) is 11.1. The molecule has 8 nitrogen and oxygen atoms in total. The van der Waals surface area contributed by atoms with E-state index in [1.807, 2.05) is 23.1 Å². The average Bonchev–Trinajstić information content (AvgIpc) is 3.39. The second-order valence-corrected chi connectivity index (χ2v) is 8.32. The number of rotatable bonds is 6. The number of carbonyl (C=O) groups is 2. The molecule has 3 heterocycles. The number of carbonyl (C=O) groups excluding carboxylic acids is 2. The number of hydrogen-bond donors (Lipinski definition) is 0. The molecule has 172 valence electrons. The molecule has 0 spiro atoms. The third kappa shape index (κ3) is 4.91. The number of piperidine rings is 1. The van der Waals surface area contributed by atoms with Crippen molar-refractivity contribution >= 4 is 11.8 Å². The molecule has 0 radical (unpaired) electrons. The number of furan rings is 1. The summed E-state index contributed by atoms with van der Waals surface area (Å²) in [6.07, 6.45) is 2.91. The Hall–Kier alpha value is -3.00. The Morgan fingerprint density at radius 3 is 2.34 bits per heavy atom.